The maximum Gasteiger partial charge on any atom is 0.231 e. The number of hydrogen-bond acceptors (Lipinski definition) is 8. The molecule has 0 unspecified atom stereocenters. The summed E-state index contributed by atoms with van der Waals surface area (Å²) in [6, 6.07) is 5.87. The van der Waals surface area contributed by atoms with Gasteiger partial charge < -0.3 is 15.7 Å². The molecule has 0 bridgehead atoms. The van der Waals surface area contributed by atoms with Crippen LogP contribution in [0.2, 0.25) is 5.02 Å². The van der Waals surface area contributed by atoms with Gasteiger partial charge in [-0.25, -0.2) is 9.97 Å². The number of fused-ring (bicyclic) bond motifs is 1. The van der Waals surface area contributed by atoms with Gasteiger partial charge in [-0.15, -0.1) is 11.3 Å². The van der Waals surface area contributed by atoms with Crippen LogP contribution in [-0.2, 0) is 11.1 Å². The Morgan fingerprint density at radius 2 is 2.14 bits per heavy atom. The zero-order valence-electron chi connectivity index (χ0n) is 15.8. The van der Waals surface area contributed by atoms with E-state index in [2.05, 4.69) is 40.6 Å². The smallest absolute Gasteiger partial charge is 0.231 e. The van der Waals surface area contributed by atoms with Crippen LogP contribution < -0.4 is 16.4 Å². The third-order valence-electron chi connectivity index (χ3n) is 4.73. The molecule has 3 heterocycles. The van der Waals surface area contributed by atoms with Crippen molar-refractivity contribution < 1.29 is 5.11 Å². The van der Waals surface area contributed by atoms with Crippen molar-refractivity contribution in [1.82, 2.24) is 15.0 Å². The van der Waals surface area contributed by atoms with E-state index in [1.807, 2.05) is 23.1 Å². The van der Waals surface area contributed by atoms with E-state index < -0.39 is 5.72 Å². The first-order valence-electron chi connectivity index (χ1n) is 8.82. The van der Waals surface area contributed by atoms with Crippen LogP contribution in [0.25, 0.3) is 0 Å². The quantitative estimate of drug-likeness (QED) is 0.426. The maximum absolute atomic E-state index is 10.4. The van der Waals surface area contributed by atoms with Gasteiger partial charge in [0.1, 0.15) is 5.02 Å². The topological polar surface area (TPSA) is 114 Å². The van der Waals surface area contributed by atoms with E-state index in [-0.39, 0.29) is 11.4 Å². The minimum Gasteiger partial charge on any atom is -0.368 e. The fraction of sp³-hybridized carbons (Fsp3) is 0.250. The van der Waals surface area contributed by atoms with E-state index in [0.29, 0.717) is 28.0 Å². The Bertz CT molecular complexity index is 1130. The Balaban J connectivity index is 1.76. The van der Waals surface area contributed by atoms with Crippen molar-refractivity contribution in [2.45, 2.75) is 25.0 Å². The Morgan fingerprint density at radius 1 is 1.34 bits per heavy atom. The zero-order chi connectivity index (χ0) is 20.8. The molecule has 0 aliphatic carbocycles. The molecule has 0 spiro atoms. The Kier molecular flexibility index (Phi) is 4.71. The monoisotopic (exact) mass is 426 g/mol. The summed E-state index contributed by atoms with van der Waals surface area (Å²) in [7, 11) is 0. The lowest BCUT2D eigenvalue weighted by Crippen LogP contribution is -2.34. The summed E-state index contributed by atoms with van der Waals surface area (Å²) in [5, 5.41) is 12.9. The summed E-state index contributed by atoms with van der Waals surface area (Å²) in [5.41, 5.74) is 12.5. The third kappa shape index (κ3) is 3.66. The van der Waals surface area contributed by atoms with E-state index in [4.69, 9.17) is 23.1 Å². The second-order valence-electron chi connectivity index (χ2n) is 7.46. The molecular formula is C20H19ClN6OS. The molecule has 9 heteroatoms. The summed E-state index contributed by atoms with van der Waals surface area (Å²) in [6.07, 6.45) is 3.07. The van der Waals surface area contributed by atoms with Crippen molar-refractivity contribution >= 4 is 40.4 Å². The molecule has 0 saturated carbocycles. The van der Waals surface area contributed by atoms with Crippen LogP contribution in [0.15, 0.2) is 36.0 Å². The summed E-state index contributed by atoms with van der Waals surface area (Å²) < 4.78 is 0. The normalized spacial score (nSPS) is 16.7. The minimum absolute atomic E-state index is 0.125. The molecule has 0 fully saturated rings. The molecular weight excluding hydrogens is 408 g/mol. The van der Waals surface area contributed by atoms with Crippen molar-refractivity contribution in [2.24, 2.45) is 5.73 Å². The largest absolute Gasteiger partial charge is 0.368 e. The lowest BCUT2D eigenvalue weighted by atomic mass is 9.86. The fourth-order valence-electron chi connectivity index (χ4n) is 3.35. The summed E-state index contributed by atoms with van der Waals surface area (Å²) in [5.74, 6) is 6.36. The van der Waals surface area contributed by atoms with Gasteiger partial charge in [-0.3, -0.25) is 5.73 Å². The predicted octanol–water partition coefficient (Wildman–Crippen LogP) is 2.75. The van der Waals surface area contributed by atoms with Crippen LogP contribution in [-0.4, -0.2) is 26.6 Å². The maximum atomic E-state index is 10.4. The molecule has 148 valence electrons. The minimum atomic E-state index is -1.81. The van der Waals surface area contributed by atoms with Gasteiger partial charge in [0, 0.05) is 34.8 Å². The van der Waals surface area contributed by atoms with Crippen LogP contribution in [0.1, 0.15) is 30.0 Å². The van der Waals surface area contributed by atoms with Crippen LogP contribution in [0, 0.1) is 11.8 Å². The van der Waals surface area contributed by atoms with E-state index in [1.54, 1.807) is 11.6 Å². The summed E-state index contributed by atoms with van der Waals surface area (Å²) >= 11 is 7.60. The molecule has 29 heavy (non-hydrogen) atoms. The number of anilines is 3. The Morgan fingerprint density at radius 3 is 2.86 bits per heavy atom. The van der Waals surface area contributed by atoms with Crippen molar-refractivity contribution in [3.05, 3.63) is 57.1 Å². The Labute approximate surface area is 177 Å². The van der Waals surface area contributed by atoms with Crippen molar-refractivity contribution in [1.29, 1.82) is 0 Å². The molecule has 1 aliphatic rings. The first-order valence-corrected chi connectivity index (χ1v) is 10.1. The molecule has 1 aliphatic heterocycles. The molecule has 0 amide bonds. The number of nitrogens with zero attached hydrogens (tertiary/aromatic N) is 4. The predicted molar refractivity (Wildman–Crippen MR) is 115 cm³/mol. The molecule has 1 atom stereocenters. The number of benzene rings is 1. The highest BCUT2D eigenvalue weighted by Crippen LogP contribution is 2.45. The van der Waals surface area contributed by atoms with Crippen molar-refractivity contribution in [2.75, 3.05) is 17.2 Å². The van der Waals surface area contributed by atoms with Crippen LogP contribution in [0.3, 0.4) is 0 Å². The van der Waals surface area contributed by atoms with Gasteiger partial charge in [0.25, 0.3) is 0 Å². The van der Waals surface area contributed by atoms with E-state index in [0.717, 1.165) is 11.3 Å². The van der Waals surface area contributed by atoms with Gasteiger partial charge in [-0.05, 0) is 23.6 Å². The van der Waals surface area contributed by atoms with Gasteiger partial charge in [-0.1, -0.05) is 37.4 Å². The number of nitrogens with two attached hydrogens (primary N) is 2. The molecule has 4 rings (SSSR count). The molecule has 3 aromatic rings. The van der Waals surface area contributed by atoms with Crippen molar-refractivity contribution in [3.8, 4) is 11.8 Å². The number of nitrogen functional groups attached to an aromatic ring is 1. The van der Waals surface area contributed by atoms with Gasteiger partial charge in [0.15, 0.2) is 10.8 Å². The first-order chi connectivity index (χ1) is 13.7. The van der Waals surface area contributed by atoms with E-state index in [1.165, 1.54) is 17.5 Å². The highest BCUT2D eigenvalue weighted by atomic mass is 35.5. The average Bonchev–Trinajstić information content (AvgIpc) is 3.30. The highest BCUT2D eigenvalue weighted by Gasteiger charge is 2.37. The molecule has 2 aromatic heterocycles. The summed E-state index contributed by atoms with van der Waals surface area (Å²) in [4.78, 5) is 14.3. The lowest BCUT2D eigenvalue weighted by molar-refractivity contribution is 0.108. The molecule has 0 radical (unpaired) electrons. The van der Waals surface area contributed by atoms with E-state index >= 15 is 0 Å². The van der Waals surface area contributed by atoms with Gasteiger partial charge in [0.05, 0.1) is 6.20 Å². The number of hydrogen-bond donors (Lipinski definition) is 3. The van der Waals surface area contributed by atoms with Gasteiger partial charge >= 0.3 is 0 Å². The molecule has 5 N–H and O–H groups in total. The second kappa shape index (κ2) is 6.97. The van der Waals surface area contributed by atoms with Crippen molar-refractivity contribution in [3.63, 3.8) is 0 Å². The highest BCUT2D eigenvalue weighted by molar-refractivity contribution is 7.09. The first kappa shape index (κ1) is 19.6. The van der Waals surface area contributed by atoms with Gasteiger partial charge in [0.2, 0.25) is 11.7 Å². The summed E-state index contributed by atoms with van der Waals surface area (Å²) in [6.45, 7) is 4.97. The average molecular weight is 427 g/mol. The third-order valence-corrected chi connectivity index (χ3v) is 5.89. The van der Waals surface area contributed by atoms with Crippen LogP contribution >= 0.6 is 22.9 Å². The van der Waals surface area contributed by atoms with Crippen LogP contribution in [0.5, 0.6) is 0 Å². The Hall–Kier alpha value is -2.70. The number of thiazole rings is 1. The lowest BCUT2D eigenvalue weighted by Gasteiger charge is -2.22. The number of aromatic nitrogens is 3. The number of halogens is 1. The van der Waals surface area contributed by atoms with Crippen LogP contribution in [0.4, 0.5) is 17.5 Å². The molecule has 1 aromatic carbocycles. The van der Waals surface area contributed by atoms with E-state index in [9.17, 15) is 5.11 Å². The van der Waals surface area contributed by atoms with Gasteiger partial charge in [-0.2, -0.15) is 4.98 Å². The standard InChI is InChI=1S/C20H19ClN6OS/c1-19(2)11-27(16-14(21)10-25-18(22)26-16)15-9-12(3-4-13(15)19)5-6-20(23,28)17-24-7-8-29-17/h3-4,7-10,28H,11,23H2,1-2H3,(H2,22,25,26)/t20-/m0/s1. The molecule has 0 saturated heterocycles. The molecule has 7 nitrogen and oxygen atoms in total. The number of aliphatic hydroxyl groups is 1. The fourth-order valence-corrected chi connectivity index (χ4v) is 4.15. The zero-order valence-corrected chi connectivity index (χ0v) is 17.4. The number of rotatable bonds is 2. The second-order valence-corrected chi connectivity index (χ2v) is 8.76. The SMILES string of the molecule is CC1(C)CN(c2nc(N)ncc2Cl)c2cc(C#C[C@](N)(O)c3nccs3)ccc21.